The van der Waals surface area contributed by atoms with Gasteiger partial charge in [0.1, 0.15) is 5.03 Å². The second-order valence-corrected chi connectivity index (χ2v) is 7.22. The van der Waals surface area contributed by atoms with E-state index in [1.807, 2.05) is 41.9 Å². The number of alkyl halides is 3. The number of aromatic nitrogens is 6. The topological polar surface area (TPSA) is 60.9 Å². The van der Waals surface area contributed by atoms with Crippen molar-refractivity contribution in [1.29, 1.82) is 0 Å². The van der Waals surface area contributed by atoms with Gasteiger partial charge in [-0.3, -0.25) is 0 Å². The van der Waals surface area contributed by atoms with Crippen molar-refractivity contribution in [2.45, 2.75) is 30.2 Å². The van der Waals surface area contributed by atoms with Gasteiger partial charge in [0.25, 0.3) is 5.82 Å². The van der Waals surface area contributed by atoms with E-state index in [1.165, 1.54) is 11.8 Å². The van der Waals surface area contributed by atoms with Crippen LogP contribution in [0.5, 0.6) is 0 Å². The van der Waals surface area contributed by atoms with Gasteiger partial charge in [-0.2, -0.15) is 22.8 Å². The lowest BCUT2D eigenvalue weighted by Crippen LogP contribution is -2.13. The lowest BCUT2D eigenvalue weighted by molar-refractivity contribution is -0.146. The third-order valence-corrected chi connectivity index (χ3v) is 5.65. The molecule has 4 aromatic rings. The molecule has 0 amide bonds. The lowest BCUT2D eigenvalue weighted by Gasteiger charge is -2.11. The summed E-state index contributed by atoms with van der Waals surface area (Å²) in [5.74, 6) is -1.14. The zero-order chi connectivity index (χ0) is 20.1. The van der Waals surface area contributed by atoms with Gasteiger partial charge in [-0.25, -0.2) is 4.98 Å². The summed E-state index contributed by atoms with van der Waals surface area (Å²) in [6.07, 6.45) is -2.90. The summed E-state index contributed by atoms with van der Waals surface area (Å²) in [5, 5.41) is 12.1. The van der Waals surface area contributed by atoms with Crippen LogP contribution >= 0.6 is 11.8 Å². The van der Waals surface area contributed by atoms with Crippen LogP contribution in [0.2, 0.25) is 0 Å². The second-order valence-electron chi connectivity index (χ2n) is 6.27. The molecule has 3 aromatic heterocycles. The Bertz CT molecular complexity index is 1160. The van der Waals surface area contributed by atoms with Crippen molar-refractivity contribution in [3.05, 3.63) is 53.5 Å². The van der Waals surface area contributed by atoms with Gasteiger partial charge in [-0.15, -0.1) is 10.2 Å². The largest absolute Gasteiger partial charge is 0.453 e. The fraction of sp³-hybridized carbons (Fsp3) is 0.222. The molecule has 0 aliphatic rings. The van der Waals surface area contributed by atoms with E-state index < -0.39 is 12.0 Å². The number of hydrogen-bond donors (Lipinski definition) is 0. The second kappa shape index (κ2) is 6.62. The number of imidazole rings is 1. The van der Waals surface area contributed by atoms with Crippen molar-refractivity contribution in [1.82, 2.24) is 29.4 Å². The maximum atomic E-state index is 13.2. The monoisotopic (exact) mass is 404 g/mol. The molecule has 0 N–H and O–H groups in total. The quantitative estimate of drug-likeness (QED) is 0.509. The summed E-state index contributed by atoms with van der Waals surface area (Å²) in [4.78, 5) is 4.42. The van der Waals surface area contributed by atoms with E-state index in [4.69, 9.17) is 0 Å². The van der Waals surface area contributed by atoms with Gasteiger partial charge < -0.3 is 4.57 Å². The molecule has 0 aliphatic carbocycles. The molecule has 0 atom stereocenters. The van der Waals surface area contributed by atoms with Crippen LogP contribution < -0.4 is 0 Å². The van der Waals surface area contributed by atoms with E-state index in [0.717, 1.165) is 21.3 Å². The van der Waals surface area contributed by atoms with Gasteiger partial charge in [0.15, 0.2) is 10.8 Å². The molecule has 0 radical (unpaired) electrons. The minimum absolute atomic E-state index is 0.0963. The molecule has 0 saturated carbocycles. The van der Waals surface area contributed by atoms with E-state index in [-0.39, 0.29) is 5.65 Å². The van der Waals surface area contributed by atoms with Gasteiger partial charge in [-0.1, -0.05) is 30.3 Å². The summed E-state index contributed by atoms with van der Waals surface area (Å²) >= 11 is 1.21. The third kappa shape index (κ3) is 3.03. The molecular weight excluding hydrogens is 389 g/mol. The fourth-order valence-electron chi connectivity index (χ4n) is 2.83. The highest BCUT2D eigenvalue weighted by molar-refractivity contribution is 7.99. The summed E-state index contributed by atoms with van der Waals surface area (Å²) in [6, 6.07) is 9.74. The Balaban J connectivity index is 1.79. The standard InChI is InChI=1S/C18H15F3N6S/c1-10-11(2)15(25-27-14(10)23-24-16(27)18(19,20)21)28-17-22-9-13(26(17)3)12-7-5-4-6-8-12/h4-9H,1-3H3. The fourth-order valence-corrected chi connectivity index (χ4v) is 3.77. The minimum Gasteiger partial charge on any atom is -0.322 e. The number of halogens is 3. The van der Waals surface area contributed by atoms with Gasteiger partial charge in [0, 0.05) is 12.6 Å². The highest BCUT2D eigenvalue weighted by Gasteiger charge is 2.38. The van der Waals surface area contributed by atoms with Gasteiger partial charge in [0.2, 0.25) is 0 Å². The molecule has 0 saturated heterocycles. The Kier molecular flexibility index (Phi) is 4.37. The molecule has 0 spiro atoms. The number of aryl methyl sites for hydroxylation is 1. The van der Waals surface area contributed by atoms with Crippen molar-refractivity contribution in [2.24, 2.45) is 7.05 Å². The Hall–Kier alpha value is -2.88. The van der Waals surface area contributed by atoms with Crippen molar-refractivity contribution in [3.8, 4) is 11.3 Å². The highest BCUT2D eigenvalue weighted by atomic mass is 32.2. The number of hydrogen-bond acceptors (Lipinski definition) is 5. The zero-order valence-corrected chi connectivity index (χ0v) is 16.0. The van der Waals surface area contributed by atoms with Gasteiger partial charge in [-0.05, 0) is 36.7 Å². The Morgan fingerprint density at radius 3 is 2.39 bits per heavy atom. The molecule has 4 rings (SSSR count). The Morgan fingerprint density at radius 1 is 1.00 bits per heavy atom. The first-order valence-electron chi connectivity index (χ1n) is 8.32. The first-order valence-corrected chi connectivity index (χ1v) is 9.14. The number of nitrogens with zero attached hydrogens (tertiary/aromatic N) is 6. The van der Waals surface area contributed by atoms with Crippen molar-refractivity contribution in [3.63, 3.8) is 0 Å². The molecular formula is C18H15F3N6S. The molecule has 10 heteroatoms. The maximum absolute atomic E-state index is 13.2. The SMILES string of the molecule is Cc1c(Sc2ncc(-c3ccccc3)n2C)nn2c(C(F)(F)F)nnc2c1C. The van der Waals surface area contributed by atoms with E-state index in [2.05, 4.69) is 20.3 Å². The maximum Gasteiger partial charge on any atom is 0.453 e. The van der Waals surface area contributed by atoms with Crippen molar-refractivity contribution in [2.75, 3.05) is 0 Å². The van der Waals surface area contributed by atoms with Crippen LogP contribution in [-0.4, -0.2) is 29.4 Å². The van der Waals surface area contributed by atoms with E-state index in [1.54, 1.807) is 20.0 Å². The lowest BCUT2D eigenvalue weighted by atomic mass is 10.2. The first-order chi connectivity index (χ1) is 13.3. The zero-order valence-electron chi connectivity index (χ0n) is 15.2. The van der Waals surface area contributed by atoms with Crippen LogP contribution in [0.15, 0.2) is 46.7 Å². The van der Waals surface area contributed by atoms with E-state index in [0.29, 0.717) is 15.7 Å². The third-order valence-electron chi connectivity index (χ3n) is 4.51. The van der Waals surface area contributed by atoms with Gasteiger partial charge >= 0.3 is 6.18 Å². The summed E-state index contributed by atoms with van der Waals surface area (Å²) in [5.41, 5.74) is 3.33. The number of benzene rings is 1. The molecule has 3 heterocycles. The predicted molar refractivity (Wildman–Crippen MR) is 98.0 cm³/mol. The van der Waals surface area contributed by atoms with Crippen molar-refractivity contribution < 1.29 is 13.2 Å². The van der Waals surface area contributed by atoms with Crippen LogP contribution in [-0.2, 0) is 13.2 Å². The Labute approximate surface area is 162 Å². The van der Waals surface area contributed by atoms with E-state index >= 15 is 0 Å². The van der Waals surface area contributed by atoms with Gasteiger partial charge in [0.05, 0.1) is 11.9 Å². The molecule has 6 nitrogen and oxygen atoms in total. The van der Waals surface area contributed by atoms with Crippen LogP contribution in [0, 0.1) is 13.8 Å². The molecule has 0 bridgehead atoms. The first kappa shape index (κ1) is 18.5. The normalized spacial score (nSPS) is 12.1. The highest BCUT2D eigenvalue weighted by Crippen LogP contribution is 2.34. The van der Waals surface area contributed by atoms with Crippen LogP contribution in [0.3, 0.4) is 0 Å². The molecule has 0 fully saturated rings. The average molecular weight is 404 g/mol. The van der Waals surface area contributed by atoms with Crippen LogP contribution in [0.1, 0.15) is 17.0 Å². The smallest absolute Gasteiger partial charge is 0.322 e. The molecule has 0 unspecified atom stereocenters. The minimum atomic E-state index is -4.64. The van der Waals surface area contributed by atoms with E-state index in [9.17, 15) is 13.2 Å². The van der Waals surface area contributed by atoms with Crippen LogP contribution in [0.4, 0.5) is 13.2 Å². The molecule has 28 heavy (non-hydrogen) atoms. The predicted octanol–water partition coefficient (Wildman–Crippen LogP) is 4.31. The average Bonchev–Trinajstić information content (AvgIpc) is 3.24. The number of fused-ring (bicyclic) bond motifs is 1. The Morgan fingerprint density at radius 2 is 1.71 bits per heavy atom. The molecule has 0 aliphatic heterocycles. The van der Waals surface area contributed by atoms with Crippen LogP contribution in [0.25, 0.3) is 16.9 Å². The number of rotatable bonds is 3. The summed E-state index contributed by atoms with van der Waals surface area (Å²) in [6.45, 7) is 3.51. The molecule has 144 valence electrons. The summed E-state index contributed by atoms with van der Waals surface area (Å²) in [7, 11) is 1.86. The molecule has 1 aromatic carbocycles. The summed E-state index contributed by atoms with van der Waals surface area (Å²) < 4.78 is 42.3. The van der Waals surface area contributed by atoms with Crippen molar-refractivity contribution >= 4 is 17.4 Å².